The fourth-order valence-electron chi connectivity index (χ4n) is 4.21. The largest absolute Gasteiger partial charge is 0.460 e. The van der Waals surface area contributed by atoms with Crippen LogP contribution in [0.15, 0.2) is 30.6 Å². The van der Waals surface area contributed by atoms with Gasteiger partial charge < -0.3 is 24.5 Å². The van der Waals surface area contributed by atoms with Gasteiger partial charge in [0.05, 0.1) is 17.1 Å². The molecule has 150 valence electrons. The first-order chi connectivity index (χ1) is 14.0. The molecule has 0 radical (unpaired) electrons. The number of nitrogens with zero attached hydrogens (tertiary/aromatic N) is 4. The van der Waals surface area contributed by atoms with Crippen molar-refractivity contribution in [2.75, 3.05) is 25.0 Å². The van der Waals surface area contributed by atoms with Crippen molar-refractivity contribution in [2.24, 2.45) is 0 Å². The predicted octanol–water partition coefficient (Wildman–Crippen LogP) is 2.40. The Bertz CT molecular complexity index is 1110. The Balaban J connectivity index is 1.50. The van der Waals surface area contributed by atoms with Crippen LogP contribution in [0, 0.1) is 13.8 Å². The van der Waals surface area contributed by atoms with Gasteiger partial charge in [-0.25, -0.2) is 4.98 Å². The topological polar surface area (TPSA) is 74.9 Å². The lowest BCUT2D eigenvalue weighted by atomic mass is 10.0. The minimum atomic E-state index is -1.06. The Morgan fingerprint density at radius 3 is 2.90 bits per heavy atom. The molecule has 7 nitrogen and oxygen atoms in total. The lowest BCUT2D eigenvalue weighted by Crippen LogP contribution is -2.33. The number of likely N-dealkylation sites (N-methyl/N-ethyl adjacent to an activating group) is 1. The summed E-state index contributed by atoms with van der Waals surface area (Å²) >= 11 is 0. The highest BCUT2D eigenvalue weighted by atomic mass is 16.6. The predicted molar refractivity (Wildman–Crippen MR) is 113 cm³/mol. The van der Waals surface area contributed by atoms with E-state index in [4.69, 9.17) is 4.74 Å². The number of benzene rings is 1. The molecule has 0 amide bonds. The molecule has 1 fully saturated rings. The molecular formula is C22H25N5O2. The molecule has 0 spiro atoms. The summed E-state index contributed by atoms with van der Waals surface area (Å²) < 4.78 is 7.83. The minimum Gasteiger partial charge on any atom is -0.460 e. The van der Waals surface area contributed by atoms with Crippen LogP contribution in [0.2, 0.25) is 0 Å². The molecule has 5 rings (SSSR count). The summed E-state index contributed by atoms with van der Waals surface area (Å²) in [6, 6.07) is 6.63. The number of rotatable bonds is 3. The average Bonchev–Trinajstić information content (AvgIpc) is 3.36. The molecule has 4 heterocycles. The summed E-state index contributed by atoms with van der Waals surface area (Å²) in [7, 11) is 2.11. The van der Waals surface area contributed by atoms with E-state index in [0.717, 1.165) is 47.8 Å². The Hall–Kier alpha value is -2.90. The third kappa shape index (κ3) is 3.16. The van der Waals surface area contributed by atoms with E-state index in [1.807, 2.05) is 48.9 Å². The van der Waals surface area contributed by atoms with Crippen LogP contribution in [0.1, 0.15) is 29.1 Å². The monoisotopic (exact) mass is 391 g/mol. The van der Waals surface area contributed by atoms with E-state index in [1.165, 1.54) is 0 Å². The van der Waals surface area contributed by atoms with Crippen LogP contribution in [0.5, 0.6) is 5.75 Å². The van der Waals surface area contributed by atoms with Crippen molar-refractivity contribution in [3.63, 3.8) is 0 Å². The van der Waals surface area contributed by atoms with Crippen molar-refractivity contribution in [3.05, 3.63) is 53.2 Å². The van der Waals surface area contributed by atoms with Crippen LogP contribution >= 0.6 is 0 Å². The van der Waals surface area contributed by atoms with E-state index < -0.39 is 6.29 Å². The molecule has 1 unspecified atom stereocenters. The van der Waals surface area contributed by atoms with Crippen LogP contribution in [-0.4, -0.2) is 51.9 Å². The summed E-state index contributed by atoms with van der Waals surface area (Å²) in [6.45, 7) is 5.93. The normalized spacial score (nSPS) is 21.0. The van der Waals surface area contributed by atoms with Gasteiger partial charge in [-0.1, -0.05) is 0 Å². The van der Waals surface area contributed by atoms with Crippen molar-refractivity contribution in [3.8, 4) is 5.75 Å². The van der Waals surface area contributed by atoms with Gasteiger partial charge in [-0.2, -0.15) is 0 Å². The molecule has 2 N–H and O–H groups in total. The van der Waals surface area contributed by atoms with Crippen LogP contribution in [0.3, 0.4) is 0 Å². The van der Waals surface area contributed by atoms with E-state index in [9.17, 15) is 5.11 Å². The van der Waals surface area contributed by atoms with E-state index in [1.54, 1.807) is 0 Å². The maximum atomic E-state index is 10.7. The Kier molecular flexibility index (Phi) is 4.29. The molecule has 0 saturated carbocycles. The molecule has 2 aliphatic rings. The summed E-state index contributed by atoms with van der Waals surface area (Å²) in [4.78, 5) is 11.4. The maximum Gasteiger partial charge on any atom is 0.226 e. The number of ether oxygens (including phenoxy) is 1. The zero-order chi connectivity index (χ0) is 20.1. The zero-order valence-corrected chi connectivity index (χ0v) is 16.9. The van der Waals surface area contributed by atoms with Gasteiger partial charge in [0.25, 0.3) is 0 Å². The molecule has 29 heavy (non-hydrogen) atoms. The highest BCUT2D eigenvalue weighted by molar-refractivity contribution is 5.86. The van der Waals surface area contributed by atoms with Crippen LogP contribution in [0.4, 0.5) is 5.69 Å². The summed E-state index contributed by atoms with van der Waals surface area (Å²) in [5.41, 5.74) is 5.94. The number of imidazole rings is 1. The van der Waals surface area contributed by atoms with Gasteiger partial charge in [0.2, 0.25) is 6.29 Å². The first-order valence-electron chi connectivity index (χ1n) is 9.97. The third-order valence-electron chi connectivity index (χ3n) is 5.82. The number of aryl methyl sites for hydroxylation is 2. The molecule has 2 aromatic heterocycles. The lowest BCUT2D eigenvalue weighted by Gasteiger charge is -2.28. The molecule has 2 aliphatic heterocycles. The second-order valence-electron chi connectivity index (χ2n) is 7.87. The number of nitrogens with one attached hydrogen (secondary N) is 1. The number of anilines is 1. The second kappa shape index (κ2) is 6.86. The van der Waals surface area contributed by atoms with Gasteiger partial charge in [0, 0.05) is 54.9 Å². The second-order valence-corrected chi connectivity index (χ2v) is 7.87. The molecule has 3 aromatic rings. The van der Waals surface area contributed by atoms with Crippen molar-refractivity contribution in [2.45, 2.75) is 32.6 Å². The fourth-order valence-corrected chi connectivity index (χ4v) is 4.21. The Morgan fingerprint density at radius 1 is 1.24 bits per heavy atom. The first kappa shape index (κ1) is 18.1. The molecule has 1 saturated heterocycles. The smallest absolute Gasteiger partial charge is 0.226 e. The van der Waals surface area contributed by atoms with E-state index in [2.05, 4.69) is 33.3 Å². The molecule has 7 heteroatoms. The Morgan fingerprint density at radius 2 is 2.10 bits per heavy atom. The van der Waals surface area contributed by atoms with Crippen molar-refractivity contribution in [1.29, 1.82) is 0 Å². The number of hydrogen-bond acceptors (Lipinski definition) is 6. The van der Waals surface area contributed by atoms with Crippen molar-refractivity contribution in [1.82, 2.24) is 19.7 Å². The third-order valence-corrected chi connectivity index (χ3v) is 5.82. The van der Waals surface area contributed by atoms with E-state index in [0.29, 0.717) is 23.1 Å². The summed E-state index contributed by atoms with van der Waals surface area (Å²) in [6.07, 6.45) is 5.87. The molecule has 2 atom stereocenters. The van der Waals surface area contributed by atoms with Gasteiger partial charge in [0.15, 0.2) is 5.65 Å². The maximum absolute atomic E-state index is 10.7. The number of hydrogen-bond donors (Lipinski definition) is 2. The summed E-state index contributed by atoms with van der Waals surface area (Å²) in [5, 5.41) is 14.1. The minimum absolute atomic E-state index is 0.478. The van der Waals surface area contributed by atoms with Gasteiger partial charge in [-0.05, 0) is 45.0 Å². The molecular weight excluding hydrogens is 366 g/mol. The van der Waals surface area contributed by atoms with Crippen LogP contribution < -0.4 is 15.0 Å². The highest BCUT2D eigenvalue weighted by Crippen LogP contribution is 2.36. The molecule has 0 bridgehead atoms. The van der Waals surface area contributed by atoms with Crippen molar-refractivity contribution >= 4 is 23.0 Å². The first-order valence-corrected chi connectivity index (χ1v) is 9.97. The van der Waals surface area contributed by atoms with Gasteiger partial charge >= 0.3 is 0 Å². The lowest BCUT2D eigenvalue weighted by molar-refractivity contribution is 0.0318. The van der Waals surface area contributed by atoms with Gasteiger partial charge in [-0.15, -0.1) is 0 Å². The number of aliphatic hydroxyl groups is 1. The number of aliphatic hydroxyl groups excluding tert-OH is 1. The van der Waals surface area contributed by atoms with E-state index >= 15 is 0 Å². The van der Waals surface area contributed by atoms with Gasteiger partial charge in [-0.3, -0.25) is 4.98 Å². The SMILES string of the molecule is Cc1cn2cc(C3=Cc4ccc(N(C)[C@H]5CCNC5)cc4OC3O)nc2c(C)n1. The fraction of sp³-hybridized carbons (Fsp3) is 0.364. The van der Waals surface area contributed by atoms with E-state index in [-0.39, 0.29) is 0 Å². The molecule has 1 aromatic carbocycles. The highest BCUT2D eigenvalue weighted by Gasteiger charge is 2.26. The quantitative estimate of drug-likeness (QED) is 0.714. The zero-order valence-electron chi connectivity index (χ0n) is 16.9. The Labute approximate surface area is 169 Å². The molecule has 0 aliphatic carbocycles. The van der Waals surface area contributed by atoms with Crippen molar-refractivity contribution < 1.29 is 9.84 Å². The van der Waals surface area contributed by atoms with Crippen LogP contribution in [-0.2, 0) is 0 Å². The summed E-state index contributed by atoms with van der Waals surface area (Å²) in [5.74, 6) is 0.689. The van der Waals surface area contributed by atoms with Crippen LogP contribution in [0.25, 0.3) is 17.3 Å². The van der Waals surface area contributed by atoms with Gasteiger partial charge in [0.1, 0.15) is 5.75 Å². The standard InChI is InChI=1S/C22H25N5O2/c1-13-11-27-12-19(25-21(27)14(2)24-13)18-8-15-4-5-16(9-20(15)29-22(18)28)26(3)17-6-7-23-10-17/h4-5,8-9,11-12,17,22-23,28H,6-7,10H2,1-3H3/t17-,22?/m0/s1. The number of aromatic nitrogens is 3. The average molecular weight is 391 g/mol. The number of fused-ring (bicyclic) bond motifs is 2.